The van der Waals surface area contributed by atoms with Crippen LogP contribution in [-0.2, 0) is 20.8 Å². The average Bonchev–Trinajstić information content (AvgIpc) is 3.12. The normalized spacial score (nSPS) is 10.9. The summed E-state index contributed by atoms with van der Waals surface area (Å²) in [5, 5.41) is 4.35. The molecule has 0 fully saturated rings. The Morgan fingerprint density at radius 3 is 2.43 bits per heavy atom. The molecule has 1 amide bonds. The number of carbonyl (C=O) groups is 1. The molecule has 2 aromatic rings. The molecule has 7 heteroatoms. The van der Waals surface area contributed by atoms with Crippen LogP contribution in [0.1, 0.15) is 25.8 Å². The Labute approximate surface area is 167 Å². The van der Waals surface area contributed by atoms with Gasteiger partial charge >= 0.3 is 0 Å². The number of ether oxygens (including phenoxy) is 2. The van der Waals surface area contributed by atoms with Crippen molar-refractivity contribution in [1.82, 2.24) is 10.1 Å². The van der Waals surface area contributed by atoms with Crippen molar-refractivity contribution in [2.75, 3.05) is 52.0 Å². The van der Waals surface area contributed by atoms with Gasteiger partial charge in [-0.3, -0.25) is 4.79 Å². The lowest BCUT2D eigenvalue weighted by atomic mass is 10.1. The van der Waals surface area contributed by atoms with Crippen LogP contribution in [0.4, 0.5) is 5.88 Å². The van der Waals surface area contributed by atoms with Gasteiger partial charge in [-0.2, -0.15) is 0 Å². The van der Waals surface area contributed by atoms with Crippen LogP contribution in [0.3, 0.4) is 0 Å². The second-order valence-electron chi connectivity index (χ2n) is 6.45. The van der Waals surface area contributed by atoms with Gasteiger partial charge < -0.3 is 23.8 Å². The molecule has 1 heterocycles. The van der Waals surface area contributed by atoms with Crippen LogP contribution in [0.25, 0.3) is 11.3 Å². The van der Waals surface area contributed by atoms with Gasteiger partial charge in [0.2, 0.25) is 11.8 Å². The molecule has 0 unspecified atom stereocenters. The summed E-state index contributed by atoms with van der Waals surface area (Å²) in [5.74, 6) is 0.648. The highest BCUT2D eigenvalue weighted by Gasteiger charge is 2.25. The largest absolute Gasteiger partial charge is 0.385 e. The molecule has 0 N–H and O–H groups in total. The van der Waals surface area contributed by atoms with Crippen LogP contribution in [0.15, 0.2) is 34.9 Å². The maximum Gasteiger partial charge on any atom is 0.248 e. The van der Waals surface area contributed by atoms with Crippen molar-refractivity contribution in [2.45, 2.75) is 26.8 Å². The molecule has 0 bridgehead atoms. The molecule has 2 rings (SSSR count). The summed E-state index contributed by atoms with van der Waals surface area (Å²) in [6, 6.07) is 9.90. The number of amides is 1. The summed E-state index contributed by atoms with van der Waals surface area (Å²) in [4.78, 5) is 16.5. The standard InChI is InChI=1S/C21H31N3O4/c1-5-23(6-2)21-18(20(22-28-21)17-11-8-7-9-12-17)15-24(13-10-14-26-3)19(25)16-27-4/h7-9,11-12H,5-6,10,13-16H2,1-4H3. The molecule has 0 saturated carbocycles. The van der Waals surface area contributed by atoms with E-state index >= 15 is 0 Å². The third-order valence-electron chi connectivity index (χ3n) is 4.61. The molecular weight excluding hydrogens is 358 g/mol. The fourth-order valence-corrected chi connectivity index (χ4v) is 3.12. The Kier molecular flexibility index (Phi) is 8.97. The molecule has 154 valence electrons. The second-order valence-corrected chi connectivity index (χ2v) is 6.45. The first-order valence-corrected chi connectivity index (χ1v) is 9.70. The summed E-state index contributed by atoms with van der Waals surface area (Å²) < 4.78 is 16.0. The van der Waals surface area contributed by atoms with E-state index in [2.05, 4.69) is 23.9 Å². The fourth-order valence-electron chi connectivity index (χ4n) is 3.12. The predicted octanol–water partition coefficient (Wildman–Crippen LogP) is 3.20. The highest BCUT2D eigenvalue weighted by molar-refractivity contribution is 5.78. The fraction of sp³-hybridized carbons (Fsp3) is 0.524. The van der Waals surface area contributed by atoms with Gasteiger partial charge in [0, 0.05) is 46.0 Å². The molecule has 0 saturated heterocycles. The van der Waals surface area contributed by atoms with E-state index in [1.165, 1.54) is 7.11 Å². The zero-order valence-electron chi connectivity index (χ0n) is 17.3. The van der Waals surface area contributed by atoms with Crippen LogP contribution in [-0.4, -0.2) is 63.0 Å². The molecule has 7 nitrogen and oxygen atoms in total. The maximum atomic E-state index is 12.6. The Morgan fingerprint density at radius 1 is 1.11 bits per heavy atom. The van der Waals surface area contributed by atoms with Crippen LogP contribution >= 0.6 is 0 Å². The minimum Gasteiger partial charge on any atom is -0.385 e. The summed E-state index contributed by atoms with van der Waals surface area (Å²) >= 11 is 0. The lowest BCUT2D eigenvalue weighted by Crippen LogP contribution is -2.35. The van der Waals surface area contributed by atoms with Gasteiger partial charge in [-0.25, -0.2) is 0 Å². The van der Waals surface area contributed by atoms with Gasteiger partial charge in [0.1, 0.15) is 12.3 Å². The summed E-state index contributed by atoms with van der Waals surface area (Å²) in [6.45, 7) is 7.35. The number of nitrogens with zero attached hydrogens (tertiary/aromatic N) is 3. The average molecular weight is 389 g/mol. The number of hydrogen-bond donors (Lipinski definition) is 0. The van der Waals surface area contributed by atoms with Gasteiger partial charge in [-0.1, -0.05) is 35.5 Å². The molecule has 1 aromatic carbocycles. The van der Waals surface area contributed by atoms with Crippen LogP contribution in [0.5, 0.6) is 0 Å². The topological polar surface area (TPSA) is 68.0 Å². The van der Waals surface area contributed by atoms with Crippen molar-refractivity contribution in [3.63, 3.8) is 0 Å². The van der Waals surface area contributed by atoms with Gasteiger partial charge in [0.25, 0.3) is 0 Å². The van der Waals surface area contributed by atoms with E-state index < -0.39 is 0 Å². The molecule has 0 aliphatic heterocycles. The summed E-state index contributed by atoms with van der Waals surface area (Å²) in [7, 11) is 3.19. The van der Waals surface area contributed by atoms with Crippen LogP contribution < -0.4 is 4.90 Å². The molecule has 0 aliphatic carbocycles. The first kappa shape index (κ1) is 21.9. The smallest absolute Gasteiger partial charge is 0.248 e. The monoisotopic (exact) mass is 389 g/mol. The van der Waals surface area contributed by atoms with Gasteiger partial charge in [-0.15, -0.1) is 0 Å². The van der Waals surface area contributed by atoms with Crippen molar-refractivity contribution >= 4 is 11.8 Å². The minimum atomic E-state index is -0.0655. The highest BCUT2D eigenvalue weighted by atomic mass is 16.5. The number of anilines is 1. The summed E-state index contributed by atoms with van der Waals surface area (Å²) in [6.07, 6.45) is 0.749. The minimum absolute atomic E-state index is 0.0412. The maximum absolute atomic E-state index is 12.6. The molecule has 1 aromatic heterocycles. The lowest BCUT2D eigenvalue weighted by molar-refractivity contribution is -0.135. The quantitative estimate of drug-likeness (QED) is 0.519. The van der Waals surface area contributed by atoms with Gasteiger partial charge in [-0.05, 0) is 20.3 Å². The Balaban J connectivity index is 2.40. The highest BCUT2D eigenvalue weighted by Crippen LogP contribution is 2.32. The number of carbonyl (C=O) groups excluding carboxylic acids is 1. The SMILES string of the molecule is CCN(CC)c1onc(-c2ccccc2)c1CN(CCCOC)C(=O)COC. The Hall–Kier alpha value is -2.38. The van der Waals surface area contributed by atoms with Crippen LogP contribution in [0.2, 0.25) is 0 Å². The number of aromatic nitrogens is 1. The van der Waals surface area contributed by atoms with Crippen molar-refractivity contribution in [3.05, 3.63) is 35.9 Å². The zero-order chi connectivity index (χ0) is 20.4. The second kappa shape index (κ2) is 11.5. The van der Waals surface area contributed by atoms with Crippen molar-refractivity contribution in [2.24, 2.45) is 0 Å². The van der Waals surface area contributed by atoms with E-state index in [1.54, 1.807) is 12.0 Å². The summed E-state index contributed by atoms with van der Waals surface area (Å²) in [5.41, 5.74) is 2.65. The van der Waals surface area contributed by atoms with Crippen molar-refractivity contribution in [1.29, 1.82) is 0 Å². The number of methoxy groups -OCH3 is 2. The third-order valence-corrected chi connectivity index (χ3v) is 4.61. The van der Waals surface area contributed by atoms with Crippen LogP contribution in [0, 0.1) is 0 Å². The molecule has 0 atom stereocenters. The van der Waals surface area contributed by atoms with E-state index in [1.807, 2.05) is 30.3 Å². The molecule has 0 aliphatic rings. The lowest BCUT2D eigenvalue weighted by Gasteiger charge is -2.25. The third kappa shape index (κ3) is 5.56. The van der Waals surface area contributed by atoms with Gasteiger partial charge in [0.15, 0.2) is 0 Å². The Morgan fingerprint density at radius 2 is 1.82 bits per heavy atom. The van der Waals surface area contributed by atoms with E-state index in [0.717, 1.165) is 36.3 Å². The van der Waals surface area contributed by atoms with Crippen molar-refractivity contribution < 1.29 is 18.8 Å². The molecule has 28 heavy (non-hydrogen) atoms. The Bertz CT molecular complexity index is 714. The van der Waals surface area contributed by atoms with E-state index in [0.29, 0.717) is 25.6 Å². The number of rotatable bonds is 12. The predicted molar refractivity (Wildman–Crippen MR) is 109 cm³/mol. The van der Waals surface area contributed by atoms with E-state index in [9.17, 15) is 4.79 Å². The first-order valence-electron chi connectivity index (χ1n) is 9.70. The zero-order valence-corrected chi connectivity index (χ0v) is 17.3. The van der Waals surface area contributed by atoms with E-state index in [4.69, 9.17) is 14.0 Å². The molecule has 0 spiro atoms. The first-order chi connectivity index (χ1) is 13.7. The van der Waals surface area contributed by atoms with Gasteiger partial charge in [0.05, 0.1) is 12.1 Å². The molecule has 0 radical (unpaired) electrons. The van der Waals surface area contributed by atoms with E-state index in [-0.39, 0.29) is 12.5 Å². The number of benzene rings is 1. The molecular formula is C21H31N3O4. The number of hydrogen-bond acceptors (Lipinski definition) is 6. The van der Waals surface area contributed by atoms with Crippen molar-refractivity contribution in [3.8, 4) is 11.3 Å².